The van der Waals surface area contributed by atoms with Crippen LogP contribution < -0.4 is 5.73 Å². The molecule has 0 bridgehead atoms. The Morgan fingerprint density at radius 2 is 2.28 bits per heavy atom. The lowest BCUT2D eigenvalue weighted by Crippen LogP contribution is -2.03. The van der Waals surface area contributed by atoms with Crippen molar-refractivity contribution in [3.05, 3.63) is 47.8 Å². The van der Waals surface area contributed by atoms with Crippen molar-refractivity contribution in [2.45, 2.75) is 10.1 Å². The Bertz CT molecular complexity index is 540. The van der Waals surface area contributed by atoms with E-state index in [0.29, 0.717) is 11.3 Å². The van der Waals surface area contributed by atoms with Crippen LogP contribution >= 0.6 is 11.8 Å². The quantitative estimate of drug-likeness (QED) is 0.674. The van der Waals surface area contributed by atoms with Crippen LogP contribution in [0.3, 0.4) is 0 Å². The van der Waals surface area contributed by atoms with E-state index in [2.05, 4.69) is 4.74 Å². The van der Waals surface area contributed by atoms with E-state index >= 15 is 0 Å². The molecule has 1 aromatic carbocycles. The van der Waals surface area contributed by atoms with Gasteiger partial charge in [-0.1, -0.05) is 12.2 Å². The summed E-state index contributed by atoms with van der Waals surface area (Å²) in [5, 5.41) is -0.337. The van der Waals surface area contributed by atoms with E-state index in [1.165, 1.54) is 31.0 Å². The normalized spacial score (nSPS) is 17.7. The molecule has 1 atom stereocenters. The first kappa shape index (κ1) is 12.7. The Morgan fingerprint density at radius 3 is 2.83 bits per heavy atom. The molecular weight excluding hydrogens is 253 g/mol. The molecule has 0 aliphatic heterocycles. The van der Waals surface area contributed by atoms with Crippen LogP contribution in [0, 0.1) is 0 Å². The highest BCUT2D eigenvalue weighted by Gasteiger charge is 2.17. The minimum atomic E-state index is -0.440. The van der Waals surface area contributed by atoms with Crippen molar-refractivity contribution in [3.8, 4) is 0 Å². The van der Waals surface area contributed by atoms with Crippen molar-refractivity contribution < 1.29 is 13.9 Å². The average Bonchev–Trinajstić information content (AvgIpc) is 2.76. The van der Waals surface area contributed by atoms with E-state index in [1.54, 1.807) is 24.3 Å². The fourth-order valence-corrected chi connectivity index (χ4v) is 2.54. The molecule has 1 aliphatic carbocycles. The Labute approximate surface area is 109 Å². The lowest BCUT2D eigenvalue weighted by atomic mass is 10.2. The molecule has 18 heavy (non-hydrogen) atoms. The van der Waals surface area contributed by atoms with Gasteiger partial charge >= 0.3 is 5.97 Å². The van der Waals surface area contributed by atoms with E-state index in [-0.39, 0.29) is 11.1 Å². The predicted octanol–water partition coefficient (Wildman–Crippen LogP) is 2.94. The van der Waals surface area contributed by atoms with Gasteiger partial charge in [-0.05, 0) is 24.3 Å². The van der Waals surface area contributed by atoms with Gasteiger partial charge in [-0.15, -0.1) is 11.8 Å². The smallest absolute Gasteiger partial charge is 0.337 e. The molecule has 0 aromatic heterocycles. The van der Waals surface area contributed by atoms with E-state index in [1.807, 2.05) is 0 Å². The number of ether oxygens (including phenoxy) is 1. The number of esters is 1. The number of carbonyl (C=O) groups is 1. The van der Waals surface area contributed by atoms with E-state index < -0.39 is 5.97 Å². The summed E-state index contributed by atoms with van der Waals surface area (Å²) in [5.74, 6) is -0.637. The van der Waals surface area contributed by atoms with Gasteiger partial charge in [0.15, 0.2) is 0 Å². The third kappa shape index (κ3) is 2.56. The molecular formula is C13H12FNO2S. The molecule has 0 saturated heterocycles. The van der Waals surface area contributed by atoms with Crippen molar-refractivity contribution in [1.82, 2.24) is 0 Å². The maximum absolute atomic E-state index is 13.3. The van der Waals surface area contributed by atoms with Gasteiger partial charge in [0.2, 0.25) is 0 Å². The Balaban J connectivity index is 2.18. The van der Waals surface area contributed by atoms with Gasteiger partial charge in [0.05, 0.1) is 17.9 Å². The van der Waals surface area contributed by atoms with Crippen LogP contribution in [0.2, 0.25) is 0 Å². The zero-order valence-electron chi connectivity index (χ0n) is 9.72. The van der Waals surface area contributed by atoms with Crippen LogP contribution in [0.1, 0.15) is 10.4 Å². The molecule has 0 spiro atoms. The predicted molar refractivity (Wildman–Crippen MR) is 70.2 cm³/mol. The second-order valence-electron chi connectivity index (χ2n) is 3.72. The first-order valence-corrected chi connectivity index (χ1v) is 6.18. The highest BCUT2D eigenvalue weighted by molar-refractivity contribution is 8.00. The summed E-state index contributed by atoms with van der Waals surface area (Å²) in [7, 11) is 1.31. The number of thioether (sulfide) groups is 1. The van der Waals surface area contributed by atoms with Crippen molar-refractivity contribution in [3.63, 3.8) is 0 Å². The van der Waals surface area contributed by atoms with Crippen molar-refractivity contribution in [2.75, 3.05) is 12.8 Å². The Kier molecular flexibility index (Phi) is 3.72. The topological polar surface area (TPSA) is 52.3 Å². The summed E-state index contributed by atoms with van der Waals surface area (Å²) in [6.07, 6.45) is 4.86. The minimum absolute atomic E-state index is 0.198. The second kappa shape index (κ2) is 5.27. The summed E-state index contributed by atoms with van der Waals surface area (Å²) in [6.45, 7) is 0. The zero-order valence-corrected chi connectivity index (χ0v) is 10.5. The standard InChI is InChI=1S/C13H12FNO2S/c1-17-13(16)8-5-6-12(10(15)7-8)18-11-4-2-3-9(11)14/h2-7,11H,15H2,1H3. The first-order chi connectivity index (χ1) is 8.61. The number of hydrogen-bond acceptors (Lipinski definition) is 4. The summed E-state index contributed by atoms with van der Waals surface area (Å²) >= 11 is 1.31. The molecule has 2 rings (SSSR count). The molecule has 1 unspecified atom stereocenters. The second-order valence-corrected chi connectivity index (χ2v) is 4.90. The molecule has 2 N–H and O–H groups in total. The van der Waals surface area contributed by atoms with Crippen LogP contribution in [-0.4, -0.2) is 18.3 Å². The van der Waals surface area contributed by atoms with E-state index in [0.717, 1.165) is 4.90 Å². The number of nitrogen functional groups attached to an aromatic ring is 1. The maximum Gasteiger partial charge on any atom is 0.337 e. The molecule has 1 aliphatic rings. The lowest BCUT2D eigenvalue weighted by molar-refractivity contribution is 0.0600. The summed E-state index contributed by atoms with van der Waals surface area (Å²) in [5.41, 5.74) is 6.67. The number of carbonyl (C=O) groups excluding carboxylic acids is 1. The molecule has 5 heteroatoms. The van der Waals surface area contributed by atoms with Gasteiger partial charge in [-0.25, -0.2) is 9.18 Å². The van der Waals surface area contributed by atoms with Gasteiger partial charge < -0.3 is 10.5 Å². The number of anilines is 1. The van der Waals surface area contributed by atoms with Crippen LogP contribution in [0.5, 0.6) is 0 Å². The maximum atomic E-state index is 13.3. The first-order valence-electron chi connectivity index (χ1n) is 5.30. The number of rotatable bonds is 3. The van der Waals surface area contributed by atoms with Crippen LogP contribution in [0.15, 0.2) is 47.1 Å². The number of nitrogens with two attached hydrogens (primary N) is 1. The number of hydrogen-bond donors (Lipinski definition) is 1. The Hall–Kier alpha value is -1.75. The molecule has 0 fully saturated rings. The molecule has 0 heterocycles. The minimum Gasteiger partial charge on any atom is -0.465 e. The summed E-state index contributed by atoms with van der Waals surface area (Å²) in [6, 6.07) is 4.85. The fraction of sp³-hybridized carbons (Fsp3) is 0.154. The van der Waals surface area contributed by atoms with Crippen LogP contribution in [-0.2, 0) is 4.74 Å². The van der Waals surface area contributed by atoms with E-state index in [9.17, 15) is 9.18 Å². The van der Waals surface area contributed by atoms with Crippen molar-refractivity contribution >= 4 is 23.4 Å². The molecule has 0 radical (unpaired) electrons. The summed E-state index contributed by atoms with van der Waals surface area (Å²) in [4.78, 5) is 12.0. The number of benzene rings is 1. The third-order valence-corrected chi connectivity index (χ3v) is 3.76. The molecule has 94 valence electrons. The van der Waals surface area contributed by atoms with Crippen molar-refractivity contribution in [2.24, 2.45) is 0 Å². The highest BCUT2D eigenvalue weighted by atomic mass is 32.2. The van der Waals surface area contributed by atoms with Crippen molar-refractivity contribution in [1.29, 1.82) is 0 Å². The number of methoxy groups -OCH3 is 1. The van der Waals surface area contributed by atoms with E-state index in [4.69, 9.17) is 5.73 Å². The van der Waals surface area contributed by atoms with Crippen LogP contribution in [0.25, 0.3) is 0 Å². The SMILES string of the molecule is COC(=O)c1ccc(SC2C=CC=C2F)c(N)c1. The van der Waals surface area contributed by atoms with Gasteiger partial charge in [-0.3, -0.25) is 0 Å². The Morgan fingerprint density at radius 1 is 1.50 bits per heavy atom. The zero-order chi connectivity index (χ0) is 13.1. The summed E-state index contributed by atoms with van der Waals surface area (Å²) < 4.78 is 17.9. The largest absolute Gasteiger partial charge is 0.465 e. The third-order valence-electron chi connectivity index (χ3n) is 2.50. The number of allylic oxidation sites excluding steroid dienone is 2. The highest BCUT2D eigenvalue weighted by Crippen LogP contribution is 2.35. The van der Waals surface area contributed by atoms with Gasteiger partial charge in [0, 0.05) is 10.6 Å². The molecule has 1 aromatic rings. The van der Waals surface area contributed by atoms with Crippen LogP contribution in [0.4, 0.5) is 10.1 Å². The monoisotopic (exact) mass is 265 g/mol. The number of halogens is 1. The van der Waals surface area contributed by atoms with Gasteiger partial charge in [0.1, 0.15) is 5.83 Å². The lowest BCUT2D eigenvalue weighted by Gasteiger charge is -2.10. The van der Waals surface area contributed by atoms with Gasteiger partial charge in [-0.2, -0.15) is 0 Å². The molecule has 0 amide bonds. The molecule has 3 nitrogen and oxygen atoms in total. The van der Waals surface area contributed by atoms with Gasteiger partial charge in [0.25, 0.3) is 0 Å². The average molecular weight is 265 g/mol. The molecule has 0 saturated carbocycles. The fourth-order valence-electron chi connectivity index (χ4n) is 1.57.